The molecule has 0 amide bonds. The molecule has 3 heteroatoms. The molecule has 0 aliphatic heterocycles. The molecule has 80 valence electrons. The molecule has 0 aliphatic rings. The summed E-state index contributed by atoms with van der Waals surface area (Å²) < 4.78 is 5.07. The van der Waals surface area contributed by atoms with Crippen molar-refractivity contribution in [2.24, 2.45) is 16.6 Å². The lowest BCUT2D eigenvalue weighted by Gasteiger charge is -2.40. The van der Waals surface area contributed by atoms with E-state index in [0.29, 0.717) is 13.2 Å². The molecule has 0 saturated carbocycles. The molecule has 0 aromatic heterocycles. The largest absolute Gasteiger partial charge is 0.392 e. The Morgan fingerprint density at radius 1 is 1.23 bits per heavy atom. The fourth-order valence-corrected chi connectivity index (χ4v) is 1.62. The molecule has 0 aromatic rings. The minimum atomic E-state index is -0.454. The maximum atomic E-state index is 10.1. The molecule has 0 bridgehead atoms. The molecule has 0 aromatic carbocycles. The quantitative estimate of drug-likeness (QED) is 0.678. The van der Waals surface area contributed by atoms with Crippen LogP contribution in [0.1, 0.15) is 27.7 Å². The Bertz CT molecular complexity index is 155. The maximum Gasteiger partial charge on any atom is 0.0676 e. The van der Waals surface area contributed by atoms with Gasteiger partial charge in [-0.25, -0.2) is 0 Å². The minimum absolute atomic E-state index is 0.252. The van der Waals surface area contributed by atoms with E-state index in [4.69, 9.17) is 10.5 Å². The number of ether oxygens (including phenoxy) is 1. The third-order valence-corrected chi connectivity index (χ3v) is 2.52. The zero-order valence-corrected chi connectivity index (χ0v) is 9.42. The number of aliphatic hydroxyl groups is 1. The molecule has 1 unspecified atom stereocenters. The Kier molecular flexibility index (Phi) is 4.36. The number of hydrogen-bond donors (Lipinski definition) is 2. The summed E-state index contributed by atoms with van der Waals surface area (Å²) in [5, 5.41) is 10.1. The van der Waals surface area contributed by atoms with Gasteiger partial charge in [0.25, 0.3) is 0 Å². The first-order valence-corrected chi connectivity index (χ1v) is 4.65. The van der Waals surface area contributed by atoms with E-state index in [2.05, 4.69) is 0 Å². The Balaban J connectivity index is 4.47. The molecule has 0 radical (unpaired) electrons. The molecular weight excluding hydrogens is 166 g/mol. The molecule has 0 spiro atoms. The van der Waals surface area contributed by atoms with Gasteiger partial charge in [0, 0.05) is 17.9 Å². The van der Waals surface area contributed by atoms with Gasteiger partial charge in [-0.3, -0.25) is 0 Å². The van der Waals surface area contributed by atoms with Crippen LogP contribution in [0.4, 0.5) is 0 Å². The lowest BCUT2D eigenvalue weighted by atomic mass is 9.72. The van der Waals surface area contributed by atoms with Crippen molar-refractivity contribution in [2.75, 3.05) is 20.3 Å². The van der Waals surface area contributed by atoms with Gasteiger partial charge in [-0.1, -0.05) is 27.7 Å². The van der Waals surface area contributed by atoms with Crippen LogP contribution in [0.15, 0.2) is 0 Å². The average Bonchev–Trinajstić information content (AvgIpc) is 2.03. The normalized spacial score (nSPS) is 15.9. The first kappa shape index (κ1) is 12.9. The first-order chi connectivity index (χ1) is 5.78. The van der Waals surface area contributed by atoms with E-state index in [1.807, 2.05) is 27.7 Å². The summed E-state index contributed by atoms with van der Waals surface area (Å²) in [5.74, 6) is 0. The molecule has 13 heavy (non-hydrogen) atoms. The van der Waals surface area contributed by atoms with Crippen LogP contribution in [0.3, 0.4) is 0 Å². The monoisotopic (exact) mass is 189 g/mol. The highest BCUT2D eigenvalue weighted by molar-refractivity contribution is 4.89. The molecular formula is C10H23NO2. The molecule has 0 aliphatic carbocycles. The van der Waals surface area contributed by atoms with Gasteiger partial charge in [0.05, 0.1) is 12.7 Å². The smallest absolute Gasteiger partial charge is 0.0676 e. The van der Waals surface area contributed by atoms with Crippen LogP contribution in [-0.4, -0.2) is 31.5 Å². The molecule has 0 saturated heterocycles. The maximum absolute atomic E-state index is 10.1. The SMILES string of the molecule is COCC(C)(C)C(O)C(C)(C)CN. The van der Waals surface area contributed by atoms with E-state index >= 15 is 0 Å². The van der Waals surface area contributed by atoms with E-state index < -0.39 is 6.10 Å². The van der Waals surface area contributed by atoms with Crippen LogP contribution in [-0.2, 0) is 4.74 Å². The number of nitrogens with two attached hydrogens (primary N) is 1. The third-order valence-electron chi connectivity index (χ3n) is 2.52. The van der Waals surface area contributed by atoms with Crippen LogP contribution in [0.5, 0.6) is 0 Å². The predicted octanol–water partition coefficient (Wildman–Crippen LogP) is 1.00. The Morgan fingerprint density at radius 2 is 1.69 bits per heavy atom. The van der Waals surface area contributed by atoms with Crippen molar-refractivity contribution in [3.8, 4) is 0 Å². The van der Waals surface area contributed by atoms with E-state index in [1.165, 1.54) is 0 Å². The van der Waals surface area contributed by atoms with Gasteiger partial charge < -0.3 is 15.6 Å². The number of rotatable bonds is 5. The number of hydrogen-bond acceptors (Lipinski definition) is 3. The van der Waals surface area contributed by atoms with E-state index in [-0.39, 0.29) is 10.8 Å². The van der Waals surface area contributed by atoms with Crippen LogP contribution < -0.4 is 5.73 Å². The minimum Gasteiger partial charge on any atom is -0.392 e. The zero-order valence-electron chi connectivity index (χ0n) is 9.42. The second-order valence-electron chi connectivity index (χ2n) is 5.02. The van der Waals surface area contributed by atoms with Crippen molar-refractivity contribution in [1.29, 1.82) is 0 Å². The lowest BCUT2D eigenvalue weighted by Crippen LogP contribution is -2.47. The summed E-state index contributed by atoms with van der Waals surface area (Å²) in [6.45, 7) is 8.92. The Morgan fingerprint density at radius 3 is 2.00 bits per heavy atom. The van der Waals surface area contributed by atoms with Crippen molar-refractivity contribution in [1.82, 2.24) is 0 Å². The van der Waals surface area contributed by atoms with Crippen molar-refractivity contribution < 1.29 is 9.84 Å². The fourth-order valence-electron chi connectivity index (χ4n) is 1.62. The standard InChI is InChI=1S/C10H23NO2/c1-9(2,6-11)8(12)10(3,4)7-13-5/h8,12H,6-7,11H2,1-5H3. The van der Waals surface area contributed by atoms with Gasteiger partial charge in [0.1, 0.15) is 0 Å². The highest BCUT2D eigenvalue weighted by atomic mass is 16.5. The topological polar surface area (TPSA) is 55.5 Å². The molecule has 3 N–H and O–H groups in total. The van der Waals surface area contributed by atoms with Crippen molar-refractivity contribution in [3.05, 3.63) is 0 Å². The molecule has 0 fully saturated rings. The van der Waals surface area contributed by atoms with E-state index in [1.54, 1.807) is 7.11 Å². The average molecular weight is 189 g/mol. The van der Waals surface area contributed by atoms with Crippen molar-refractivity contribution in [2.45, 2.75) is 33.8 Å². The predicted molar refractivity (Wildman–Crippen MR) is 54.5 cm³/mol. The molecule has 1 atom stereocenters. The van der Waals surface area contributed by atoms with Crippen LogP contribution in [0.25, 0.3) is 0 Å². The summed E-state index contributed by atoms with van der Waals surface area (Å²) in [6, 6.07) is 0. The van der Waals surface area contributed by atoms with Crippen molar-refractivity contribution >= 4 is 0 Å². The second kappa shape index (κ2) is 4.40. The van der Waals surface area contributed by atoms with Gasteiger partial charge in [-0.15, -0.1) is 0 Å². The fraction of sp³-hybridized carbons (Fsp3) is 1.00. The summed E-state index contributed by atoms with van der Waals surface area (Å²) in [5.41, 5.74) is 5.08. The van der Waals surface area contributed by atoms with E-state index in [0.717, 1.165) is 0 Å². The van der Waals surface area contributed by atoms with Gasteiger partial charge >= 0.3 is 0 Å². The van der Waals surface area contributed by atoms with Gasteiger partial charge in [-0.2, -0.15) is 0 Å². The number of aliphatic hydroxyl groups excluding tert-OH is 1. The highest BCUT2D eigenvalue weighted by Gasteiger charge is 2.38. The van der Waals surface area contributed by atoms with Crippen LogP contribution in [0.2, 0.25) is 0 Å². The highest BCUT2D eigenvalue weighted by Crippen LogP contribution is 2.33. The Hall–Kier alpha value is -0.120. The summed E-state index contributed by atoms with van der Waals surface area (Å²) in [7, 11) is 1.64. The van der Waals surface area contributed by atoms with Crippen LogP contribution >= 0.6 is 0 Å². The number of methoxy groups -OCH3 is 1. The van der Waals surface area contributed by atoms with Gasteiger partial charge in [0.15, 0.2) is 0 Å². The molecule has 0 rings (SSSR count). The Labute approximate surface area is 81.3 Å². The summed E-state index contributed by atoms with van der Waals surface area (Å²) in [4.78, 5) is 0. The van der Waals surface area contributed by atoms with Gasteiger partial charge in [0.2, 0.25) is 0 Å². The van der Waals surface area contributed by atoms with Gasteiger partial charge in [-0.05, 0) is 6.54 Å². The third kappa shape index (κ3) is 3.25. The van der Waals surface area contributed by atoms with Crippen LogP contribution in [0, 0.1) is 10.8 Å². The van der Waals surface area contributed by atoms with E-state index in [9.17, 15) is 5.11 Å². The molecule has 3 nitrogen and oxygen atoms in total. The lowest BCUT2D eigenvalue weighted by molar-refractivity contribution is -0.0688. The zero-order chi connectivity index (χ0) is 10.7. The van der Waals surface area contributed by atoms with Crippen molar-refractivity contribution in [3.63, 3.8) is 0 Å². The molecule has 0 heterocycles. The summed E-state index contributed by atoms with van der Waals surface area (Å²) >= 11 is 0. The summed E-state index contributed by atoms with van der Waals surface area (Å²) in [6.07, 6.45) is -0.454. The first-order valence-electron chi connectivity index (χ1n) is 4.65. The second-order valence-corrected chi connectivity index (χ2v) is 5.02.